The molecular formula is C19H25N5O2. The Morgan fingerprint density at radius 1 is 1.42 bits per heavy atom. The van der Waals surface area contributed by atoms with Crippen LogP contribution in [0.2, 0.25) is 0 Å². The van der Waals surface area contributed by atoms with Crippen molar-refractivity contribution in [2.75, 3.05) is 27.2 Å². The minimum absolute atomic E-state index is 0.0573. The fourth-order valence-corrected chi connectivity index (χ4v) is 3.62. The highest BCUT2D eigenvalue weighted by atomic mass is 16.5. The molecule has 2 aromatic heterocycles. The van der Waals surface area contributed by atoms with Gasteiger partial charge in [0, 0.05) is 44.7 Å². The predicted molar refractivity (Wildman–Crippen MR) is 97.3 cm³/mol. The van der Waals surface area contributed by atoms with Crippen molar-refractivity contribution in [1.82, 2.24) is 24.8 Å². The maximum absolute atomic E-state index is 12.6. The number of pyridine rings is 1. The van der Waals surface area contributed by atoms with Crippen LogP contribution in [-0.2, 0) is 9.53 Å². The Hall–Kier alpha value is -2.25. The summed E-state index contributed by atoms with van der Waals surface area (Å²) in [4.78, 5) is 28.8. The number of aromatic amines is 1. The van der Waals surface area contributed by atoms with Crippen molar-refractivity contribution in [1.29, 1.82) is 0 Å². The first-order valence-electron chi connectivity index (χ1n) is 9.13. The molecule has 7 nitrogen and oxygen atoms in total. The smallest absolute Gasteiger partial charge is 0.236 e. The molecule has 2 atom stereocenters. The van der Waals surface area contributed by atoms with Gasteiger partial charge in [-0.05, 0) is 31.4 Å². The summed E-state index contributed by atoms with van der Waals surface area (Å²) in [7, 11) is 3.64. The van der Waals surface area contributed by atoms with Crippen LogP contribution < -0.4 is 0 Å². The summed E-state index contributed by atoms with van der Waals surface area (Å²) in [6.07, 6.45) is 8.60. The van der Waals surface area contributed by atoms with Crippen molar-refractivity contribution in [3.05, 3.63) is 36.5 Å². The van der Waals surface area contributed by atoms with E-state index in [1.165, 1.54) is 0 Å². The maximum Gasteiger partial charge on any atom is 0.236 e. The van der Waals surface area contributed by atoms with Crippen molar-refractivity contribution in [2.24, 2.45) is 0 Å². The van der Waals surface area contributed by atoms with Gasteiger partial charge in [-0.15, -0.1) is 0 Å². The molecule has 1 amide bonds. The van der Waals surface area contributed by atoms with Gasteiger partial charge in [-0.2, -0.15) is 0 Å². The fourth-order valence-electron chi connectivity index (χ4n) is 3.62. The third-order valence-corrected chi connectivity index (χ3v) is 5.41. The molecule has 0 spiro atoms. The number of methoxy groups -OCH3 is 1. The number of nitrogens with one attached hydrogen (secondary N) is 1. The van der Waals surface area contributed by atoms with Crippen LogP contribution in [0.1, 0.15) is 31.1 Å². The first-order valence-corrected chi connectivity index (χ1v) is 9.13. The number of H-pyrrole nitrogens is 1. The summed E-state index contributed by atoms with van der Waals surface area (Å²) in [5.41, 5.74) is 1.94. The Labute approximate surface area is 153 Å². The van der Waals surface area contributed by atoms with E-state index in [4.69, 9.17) is 4.74 Å². The molecule has 26 heavy (non-hydrogen) atoms. The van der Waals surface area contributed by atoms with Crippen molar-refractivity contribution in [2.45, 2.75) is 37.5 Å². The van der Waals surface area contributed by atoms with Crippen molar-refractivity contribution in [3.8, 4) is 11.3 Å². The van der Waals surface area contributed by atoms with Gasteiger partial charge in [0.05, 0.1) is 30.6 Å². The number of likely N-dealkylation sites (tertiary alicyclic amines) is 1. The SMILES string of the molecule is CO[C@@H]1C[C@@H](c2ncc(-c3cccnc3)[nH]2)N(CC(=O)N(C)C2CC2)C1. The zero-order chi connectivity index (χ0) is 18.1. The molecule has 1 aliphatic carbocycles. The molecule has 1 aliphatic heterocycles. The Kier molecular flexibility index (Phi) is 4.74. The van der Waals surface area contributed by atoms with Gasteiger partial charge in [0.1, 0.15) is 5.82 Å². The van der Waals surface area contributed by atoms with Gasteiger partial charge >= 0.3 is 0 Å². The number of aromatic nitrogens is 3. The third-order valence-electron chi connectivity index (χ3n) is 5.41. The number of hydrogen-bond donors (Lipinski definition) is 1. The molecule has 1 saturated heterocycles. The lowest BCUT2D eigenvalue weighted by atomic mass is 10.2. The second-order valence-electron chi connectivity index (χ2n) is 7.20. The summed E-state index contributed by atoms with van der Waals surface area (Å²) in [5.74, 6) is 1.05. The van der Waals surface area contributed by atoms with Gasteiger partial charge in [-0.25, -0.2) is 4.98 Å². The normalized spacial score (nSPS) is 23.3. The first kappa shape index (κ1) is 17.2. The molecular weight excluding hydrogens is 330 g/mol. The van der Waals surface area contributed by atoms with E-state index < -0.39 is 0 Å². The maximum atomic E-state index is 12.6. The molecule has 7 heteroatoms. The standard InChI is InChI=1S/C19H25N5O2/c1-23(14-5-6-14)18(25)12-24-11-15(26-2)8-17(24)19-21-10-16(22-19)13-4-3-7-20-9-13/h3-4,7,9-10,14-15,17H,5-6,8,11-12H2,1-2H3,(H,21,22)/t15-,17+/m1/s1. The molecule has 0 aromatic carbocycles. The lowest BCUT2D eigenvalue weighted by Crippen LogP contribution is -2.39. The number of amides is 1. The molecule has 0 unspecified atom stereocenters. The van der Waals surface area contributed by atoms with Gasteiger partial charge in [0.25, 0.3) is 0 Å². The van der Waals surface area contributed by atoms with Gasteiger partial charge in [0.2, 0.25) is 5.91 Å². The highest BCUT2D eigenvalue weighted by molar-refractivity contribution is 5.78. The number of rotatable bonds is 6. The van der Waals surface area contributed by atoms with Crippen molar-refractivity contribution < 1.29 is 9.53 Å². The van der Waals surface area contributed by atoms with Gasteiger partial charge in [-0.3, -0.25) is 14.7 Å². The molecule has 138 valence electrons. The van der Waals surface area contributed by atoms with Gasteiger partial charge < -0.3 is 14.6 Å². The average Bonchev–Trinajstić information content (AvgIpc) is 3.26. The van der Waals surface area contributed by atoms with E-state index in [2.05, 4.69) is 19.9 Å². The second kappa shape index (κ2) is 7.17. The molecule has 0 bridgehead atoms. The third kappa shape index (κ3) is 3.50. The lowest BCUT2D eigenvalue weighted by molar-refractivity contribution is -0.131. The molecule has 1 N–H and O–H groups in total. The number of hydrogen-bond acceptors (Lipinski definition) is 5. The molecule has 2 fully saturated rings. The highest BCUT2D eigenvalue weighted by Gasteiger charge is 2.38. The van der Waals surface area contributed by atoms with Crippen LogP contribution >= 0.6 is 0 Å². The Morgan fingerprint density at radius 3 is 2.96 bits per heavy atom. The number of carbonyl (C=O) groups is 1. The second-order valence-corrected chi connectivity index (χ2v) is 7.20. The largest absolute Gasteiger partial charge is 0.380 e. The van der Waals surface area contributed by atoms with Crippen LogP contribution in [0.4, 0.5) is 0 Å². The van der Waals surface area contributed by atoms with Crippen LogP contribution in [0.3, 0.4) is 0 Å². The Balaban J connectivity index is 1.51. The molecule has 4 rings (SSSR count). The molecule has 3 heterocycles. The number of imidazole rings is 1. The van der Waals surface area contributed by atoms with Crippen molar-refractivity contribution in [3.63, 3.8) is 0 Å². The summed E-state index contributed by atoms with van der Waals surface area (Å²) >= 11 is 0. The quantitative estimate of drug-likeness (QED) is 0.856. The van der Waals surface area contributed by atoms with Crippen LogP contribution in [0.5, 0.6) is 0 Å². The molecule has 0 radical (unpaired) electrons. The Morgan fingerprint density at radius 2 is 2.27 bits per heavy atom. The summed E-state index contributed by atoms with van der Waals surface area (Å²) in [5, 5.41) is 0. The number of carbonyl (C=O) groups excluding carboxylic acids is 1. The Bertz CT molecular complexity index is 758. The zero-order valence-corrected chi connectivity index (χ0v) is 15.3. The van der Waals surface area contributed by atoms with E-state index in [-0.39, 0.29) is 18.1 Å². The van der Waals surface area contributed by atoms with E-state index in [9.17, 15) is 4.79 Å². The zero-order valence-electron chi connectivity index (χ0n) is 15.3. The van der Waals surface area contributed by atoms with Crippen LogP contribution in [0.15, 0.2) is 30.7 Å². The van der Waals surface area contributed by atoms with E-state index >= 15 is 0 Å². The molecule has 2 aromatic rings. The average molecular weight is 355 g/mol. The number of nitrogens with zero attached hydrogens (tertiary/aromatic N) is 4. The van der Waals surface area contributed by atoms with Crippen LogP contribution in [0, 0.1) is 0 Å². The highest BCUT2D eigenvalue weighted by Crippen LogP contribution is 2.33. The molecule has 1 saturated carbocycles. The first-order chi connectivity index (χ1) is 12.7. The van der Waals surface area contributed by atoms with E-state index in [1.807, 2.05) is 36.5 Å². The number of ether oxygens (including phenoxy) is 1. The van der Waals surface area contributed by atoms with E-state index in [0.717, 1.165) is 42.9 Å². The van der Waals surface area contributed by atoms with Crippen molar-refractivity contribution >= 4 is 5.91 Å². The topological polar surface area (TPSA) is 74.4 Å². The van der Waals surface area contributed by atoms with Gasteiger partial charge in [0.15, 0.2) is 0 Å². The number of likely N-dealkylation sites (N-methyl/N-ethyl adjacent to an activating group) is 1. The van der Waals surface area contributed by atoms with E-state index in [1.54, 1.807) is 13.3 Å². The molecule has 2 aliphatic rings. The minimum atomic E-state index is 0.0573. The fraction of sp³-hybridized carbons (Fsp3) is 0.526. The monoisotopic (exact) mass is 355 g/mol. The predicted octanol–water partition coefficient (Wildman–Crippen LogP) is 1.85. The lowest BCUT2D eigenvalue weighted by Gasteiger charge is -2.25. The van der Waals surface area contributed by atoms with E-state index in [0.29, 0.717) is 12.6 Å². The summed E-state index contributed by atoms with van der Waals surface area (Å²) < 4.78 is 5.57. The van der Waals surface area contributed by atoms with Crippen LogP contribution in [0.25, 0.3) is 11.3 Å². The van der Waals surface area contributed by atoms with Gasteiger partial charge in [-0.1, -0.05) is 0 Å². The minimum Gasteiger partial charge on any atom is -0.380 e. The van der Waals surface area contributed by atoms with Crippen LogP contribution in [-0.4, -0.2) is 70.1 Å². The summed E-state index contributed by atoms with van der Waals surface area (Å²) in [6, 6.07) is 4.40. The summed E-state index contributed by atoms with van der Waals surface area (Å²) in [6.45, 7) is 1.15.